The Morgan fingerprint density at radius 3 is 2.40 bits per heavy atom. The van der Waals surface area contributed by atoms with Gasteiger partial charge in [-0.15, -0.1) is 0 Å². The van der Waals surface area contributed by atoms with Gasteiger partial charge in [0.05, 0.1) is 45.2 Å². The van der Waals surface area contributed by atoms with E-state index in [1.54, 1.807) is 30.3 Å². The zero-order valence-electron chi connectivity index (χ0n) is 30.4. The highest BCUT2D eigenvalue weighted by Gasteiger charge is 2.25. The van der Waals surface area contributed by atoms with Crippen molar-refractivity contribution in [1.29, 1.82) is 0 Å². The van der Waals surface area contributed by atoms with Crippen LogP contribution in [0, 0.1) is 5.82 Å². The van der Waals surface area contributed by atoms with E-state index in [1.807, 2.05) is 36.4 Å². The molecule has 12 heteroatoms. The van der Waals surface area contributed by atoms with Crippen LogP contribution in [0.25, 0.3) is 11.0 Å². The summed E-state index contributed by atoms with van der Waals surface area (Å²) in [5, 5.41) is 0. The van der Waals surface area contributed by atoms with E-state index >= 15 is 0 Å². The van der Waals surface area contributed by atoms with Crippen molar-refractivity contribution in [2.45, 2.75) is 31.9 Å². The molecule has 0 bridgehead atoms. The maximum absolute atomic E-state index is 14.0. The molecule has 3 heterocycles. The Balaban J connectivity index is 1.12. The number of anilines is 1. The van der Waals surface area contributed by atoms with Gasteiger partial charge >= 0.3 is 0 Å². The van der Waals surface area contributed by atoms with E-state index in [9.17, 15) is 9.18 Å². The Hall–Kier alpha value is -5.07. The van der Waals surface area contributed by atoms with E-state index in [0.717, 1.165) is 73.9 Å². The van der Waals surface area contributed by atoms with Crippen molar-refractivity contribution in [3.63, 3.8) is 0 Å². The second-order valence-electron chi connectivity index (χ2n) is 13.0. The molecule has 1 unspecified atom stereocenters. The lowest BCUT2D eigenvalue weighted by Crippen LogP contribution is -2.35. The van der Waals surface area contributed by atoms with Gasteiger partial charge in [-0.3, -0.25) is 4.79 Å². The highest BCUT2D eigenvalue weighted by molar-refractivity contribution is 5.95. The molecule has 0 aliphatic carbocycles. The molecule has 6 rings (SSSR count). The van der Waals surface area contributed by atoms with Crippen molar-refractivity contribution in [2.75, 3.05) is 79.2 Å². The molecular weight excluding hydrogens is 665 g/mol. The molecule has 3 aromatic carbocycles. The van der Waals surface area contributed by atoms with Crippen LogP contribution in [0.5, 0.6) is 17.2 Å². The number of halogens is 1. The number of methoxy groups -OCH3 is 3. The van der Waals surface area contributed by atoms with Crippen LogP contribution in [-0.4, -0.2) is 99.5 Å². The zero-order valence-corrected chi connectivity index (χ0v) is 30.4. The minimum atomic E-state index is -0.285. The van der Waals surface area contributed by atoms with Gasteiger partial charge in [0.15, 0.2) is 11.5 Å². The van der Waals surface area contributed by atoms with Crippen molar-refractivity contribution in [3.8, 4) is 17.2 Å². The first-order valence-electron chi connectivity index (χ1n) is 17.7. The largest absolute Gasteiger partial charge is 0.493 e. The van der Waals surface area contributed by atoms with Gasteiger partial charge in [0.1, 0.15) is 18.2 Å². The van der Waals surface area contributed by atoms with Crippen LogP contribution in [0.15, 0.2) is 83.5 Å². The van der Waals surface area contributed by atoms with E-state index in [4.69, 9.17) is 28.3 Å². The number of para-hydroxylation sites is 2. The number of furan rings is 1. The Bertz CT molecular complexity index is 1870. The number of nitrogens with zero attached hydrogens (tertiary/aromatic N) is 5. The van der Waals surface area contributed by atoms with Gasteiger partial charge in [0.25, 0.3) is 5.91 Å². The Kier molecular flexibility index (Phi) is 12.3. The first-order valence-corrected chi connectivity index (χ1v) is 17.7. The molecule has 11 nitrogen and oxygen atoms in total. The summed E-state index contributed by atoms with van der Waals surface area (Å²) in [5.41, 5.74) is 3.48. The number of carbonyl (C=O) groups is 1. The van der Waals surface area contributed by atoms with Gasteiger partial charge in [-0.1, -0.05) is 24.3 Å². The lowest BCUT2D eigenvalue weighted by Gasteiger charge is -2.28. The summed E-state index contributed by atoms with van der Waals surface area (Å²) in [7, 11) is 6.37. The topological polar surface area (TPSA) is 94.7 Å². The minimum Gasteiger partial charge on any atom is -0.493 e. The molecule has 1 fully saturated rings. The van der Waals surface area contributed by atoms with E-state index in [-0.39, 0.29) is 17.6 Å². The molecular formula is C40H48FN5O6. The maximum Gasteiger partial charge on any atom is 0.253 e. The standard InChI is InChI=1S/C40H48FN5O6/c1-43(39(47)31-25-36(48-2)38(50-4)37(26-31)49-3)27-30(29-12-14-32(41)15-13-29)16-19-44-17-8-18-45(21-20-44)40-42-34-10-5-6-11-35(34)46(40)22-24-51-28-33-9-7-23-52-33/h5-7,9-15,23,25-26,30H,8,16-22,24,27-28H2,1-4H3. The molecule has 1 amide bonds. The fourth-order valence-corrected chi connectivity index (χ4v) is 6.92. The van der Waals surface area contributed by atoms with Gasteiger partial charge in [-0.05, 0) is 80.0 Å². The average Bonchev–Trinajstić information content (AvgIpc) is 3.76. The Labute approximate surface area is 304 Å². The van der Waals surface area contributed by atoms with E-state index in [0.29, 0.717) is 49.1 Å². The zero-order chi connectivity index (χ0) is 36.5. The van der Waals surface area contributed by atoms with Gasteiger partial charge in [0, 0.05) is 51.3 Å². The van der Waals surface area contributed by atoms with Crippen molar-refractivity contribution in [3.05, 3.63) is 102 Å². The van der Waals surface area contributed by atoms with Gasteiger partial charge in [-0.25, -0.2) is 9.37 Å². The third-order valence-corrected chi connectivity index (χ3v) is 9.68. The van der Waals surface area contributed by atoms with Crippen LogP contribution in [0.4, 0.5) is 10.3 Å². The van der Waals surface area contributed by atoms with Gasteiger partial charge in [-0.2, -0.15) is 0 Å². The fraction of sp³-hybridized carbons (Fsp3) is 0.400. The maximum atomic E-state index is 14.0. The van der Waals surface area contributed by atoms with Crippen LogP contribution in [-0.2, 0) is 17.9 Å². The summed E-state index contributed by atoms with van der Waals surface area (Å²) in [5.74, 6) is 2.55. The van der Waals surface area contributed by atoms with Crippen LogP contribution < -0.4 is 19.1 Å². The summed E-state index contributed by atoms with van der Waals surface area (Å²) in [4.78, 5) is 25.4. The second kappa shape index (κ2) is 17.4. The smallest absolute Gasteiger partial charge is 0.253 e. The number of carbonyl (C=O) groups excluding carboxylic acids is 1. The van der Waals surface area contributed by atoms with E-state index in [1.165, 1.54) is 33.5 Å². The summed E-state index contributed by atoms with van der Waals surface area (Å²) >= 11 is 0. The molecule has 5 aromatic rings. The number of aromatic nitrogens is 2. The molecule has 52 heavy (non-hydrogen) atoms. The number of fused-ring (bicyclic) bond motifs is 1. The third-order valence-electron chi connectivity index (χ3n) is 9.68. The highest BCUT2D eigenvalue weighted by atomic mass is 19.1. The normalized spacial score (nSPS) is 14.3. The minimum absolute atomic E-state index is 0.0127. The predicted octanol–water partition coefficient (Wildman–Crippen LogP) is 6.47. The quantitative estimate of drug-likeness (QED) is 0.107. The van der Waals surface area contributed by atoms with Gasteiger partial charge in [0.2, 0.25) is 11.7 Å². The van der Waals surface area contributed by atoms with Gasteiger partial charge < -0.3 is 42.6 Å². The second-order valence-corrected chi connectivity index (χ2v) is 13.0. The monoisotopic (exact) mass is 713 g/mol. The number of likely N-dealkylation sites (N-methyl/N-ethyl adjacent to an activating group) is 1. The predicted molar refractivity (Wildman–Crippen MR) is 198 cm³/mol. The van der Waals surface area contributed by atoms with Crippen molar-refractivity contribution in [2.24, 2.45) is 0 Å². The van der Waals surface area contributed by atoms with Crippen molar-refractivity contribution in [1.82, 2.24) is 19.4 Å². The number of hydrogen-bond donors (Lipinski definition) is 0. The molecule has 1 saturated heterocycles. The first kappa shape index (κ1) is 36.7. The summed E-state index contributed by atoms with van der Waals surface area (Å²) in [6, 6.07) is 22.0. The molecule has 0 spiro atoms. The number of rotatable bonds is 16. The summed E-state index contributed by atoms with van der Waals surface area (Å²) in [6.07, 6.45) is 3.44. The molecule has 0 radical (unpaired) electrons. The Morgan fingerprint density at radius 2 is 1.69 bits per heavy atom. The lowest BCUT2D eigenvalue weighted by molar-refractivity contribution is 0.0782. The number of hydrogen-bond acceptors (Lipinski definition) is 9. The van der Waals surface area contributed by atoms with E-state index < -0.39 is 0 Å². The highest BCUT2D eigenvalue weighted by Crippen LogP contribution is 2.38. The Morgan fingerprint density at radius 1 is 0.923 bits per heavy atom. The molecule has 1 aliphatic heterocycles. The van der Waals surface area contributed by atoms with E-state index in [2.05, 4.69) is 26.5 Å². The summed E-state index contributed by atoms with van der Waals surface area (Å²) < 4.78 is 44.0. The fourth-order valence-electron chi connectivity index (χ4n) is 6.92. The van der Waals surface area contributed by atoms with Crippen molar-refractivity contribution >= 4 is 22.9 Å². The van der Waals surface area contributed by atoms with Crippen molar-refractivity contribution < 1.29 is 32.5 Å². The number of ether oxygens (including phenoxy) is 4. The lowest BCUT2D eigenvalue weighted by atomic mass is 9.94. The van der Waals surface area contributed by atoms with Crippen LogP contribution in [0.1, 0.15) is 40.4 Å². The van der Waals surface area contributed by atoms with Crippen LogP contribution >= 0.6 is 0 Å². The first-order chi connectivity index (χ1) is 25.4. The number of amides is 1. The third kappa shape index (κ3) is 8.68. The number of imidazole rings is 1. The molecule has 276 valence electrons. The number of benzene rings is 3. The molecule has 0 saturated carbocycles. The van der Waals surface area contributed by atoms with Crippen LogP contribution in [0.2, 0.25) is 0 Å². The SMILES string of the molecule is COc1cc(C(=O)N(C)CC(CCN2CCCN(c3nc4ccccc4n3CCOCc3ccco3)CC2)c2ccc(F)cc2)cc(OC)c1OC. The molecule has 1 atom stereocenters. The van der Waals surface area contributed by atoms with Crippen LogP contribution in [0.3, 0.4) is 0 Å². The molecule has 1 aliphatic rings. The summed E-state index contributed by atoms with van der Waals surface area (Å²) in [6.45, 7) is 6.47. The molecule has 2 aromatic heterocycles. The molecule has 0 N–H and O–H groups in total. The average molecular weight is 714 g/mol.